The Morgan fingerprint density at radius 2 is 2.15 bits per heavy atom. The first-order chi connectivity index (χ1) is 6.29. The van der Waals surface area contributed by atoms with Gasteiger partial charge in [-0.15, -0.1) is 0 Å². The molecule has 0 radical (unpaired) electrons. The minimum absolute atomic E-state index is 0.0490. The van der Waals surface area contributed by atoms with E-state index < -0.39 is 0 Å². The van der Waals surface area contributed by atoms with E-state index in [0.29, 0.717) is 0 Å². The Morgan fingerprint density at radius 1 is 1.54 bits per heavy atom. The topological polar surface area (TPSA) is 41.6 Å². The Kier molecular flexibility index (Phi) is 4.18. The number of nitrogens with zero attached hydrogens (tertiary/aromatic N) is 1. The van der Waals surface area contributed by atoms with Crippen molar-refractivity contribution >= 4 is 5.97 Å². The van der Waals surface area contributed by atoms with Crippen molar-refractivity contribution in [3.05, 3.63) is 0 Å². The van der Waals surface area contributed by atoms with Gasteiger partial charge in [-0.3, -0.25) is 9.69 Å². The van der Waals surface area contributed by atoms with Gasteiger partial charge in [0.15, 0.2) is 0 Å². The second-order valence-electron chi connectivity index (χ2n) is 3.23. The smallest absolute Gasteiger partial charge is 0.323 e. The average Bonchev–Trinajstić information content (AvgIpc) is 2.20. The zero-order chi connectivity index (χ0) is 9.68. The fourth-order valence-electron chi connectivity index (χ4n) is 1.70. The molecule has 1 fully saturated rings. The van der Waals surface area contributed by atoms with Crippen molar-refractivity contribution in [1.82, 2.24) is 10.2 Å². The van der Waals surface area contributed by atoms with Crippen molar-refractivity contribution in [1.29, 1.82) is 0 Å². The van der Waals surface area contributed by atoms with Gasteiger partial charge in [-0.2, -0.15) is 0 Å². The summed E-state index contributed by atoms with van der Waals surface area (Å²) in [6.07, 6.45) is 0.826. The summed E-state index contributed by atoms with van der Waals surface area (Å²) >= 11 is 0. The predicted octanol–water partition coefficient (Wildman–Crippen LogP) is -0.157. The van der Waals surface area contributed by atoms with Crippen molar-refractivity contribution in [2.75, 3.05) is 33.3 Å². The van der Waals surface area contributed by atoms with Crippen molar-refractivity contribution in [3.63, 3.8) is 0 Å². The highest BCUT2D eigenvalue weighted by atomic mass is 16.5. The largest absolute Gasteiger partial charge is 0.468 e. The molecule has 1 N–H and O–H groups in total. The maximum absolute atomic E-state index is 11.4. The van der Waals surface area contributed by atoms with Crippen molar-refractivity contribution in [2.45, 2.75) is 19.4 Å². The summed E-state index contributed by atoms with van der Waals surface area (Å²) in [5.74, 6) is -0.107. The van der Waals surface area contributed by atoms with E-state index in [1.807, 2.05) is 6.92 Å². The van der Waals surface area contributed by atoms with E-state index in [9.17, 15) is 4.79 Å². The molecule has 1 rings (SSSR count). The first-order valence-electron chi connectivity index (χ1n) is 4.82. The fraction of sp³-hybridized carbons (Fsp3) is 0.889. The van der Waals surface area contributed by atoms with Gasteiger partial charge in [0.1, 0.15) is 6.04 Å². The normalized spacial score (nSPS) is 21.1. The van der Waals surface area contributed by atoms with Crippen LogP contribution in [-0.2, 0) is 9.53 Å². The maximum Gasteiger partial charge on any atom is 0.323 e. The third-order valence-corrected chi connectivity index (χ3v) is 2.45. The van der Waals surface area contributed by atoms with Crippen LogP contribution in [0.1, 0.15) is 13.3 Å². The second kappa shape index (κ2) is 5.19. The number of hydrogen-bond acceptors (Lipinski definition) is 4. The monoisotopic (exact) mass is 186 g/mol. The molecule has 0 aromatic carbocycles. The molecule has 1 atom stereocenters. The van der Waals surface area contributed by atoms with E-state index in [2.05, 4.69) is 10.2 Å². The van der Waals surface area contributed by atoms with E-state index >= 15 is 0 Å². The summed E-state index contributed by atoms with van der Waals surface area (Å²) in [4.78, 5) is 13.5. The van der Waals surface area contributed by atoms with Gasteiger partial charge in [-0.05, 0) is 6.42 Å². The Hall–Kier alpha value is -0.610. The molecule has 1 unspecified atom stereocenters. The van der Waals surface area contributed by atoms with Gasteiger partial charge in [0.2, 0.25) is 0 Å². The van der Waals surface area contributed by atoms with E-state index in [1.54, 1.807) is 0 Å². The zero-order valence-electron chi connectivity index (χ0n) is 8.38. The van der Waals surface area contributed by atoms with E-state index in [1.165, 1.54) is 7.11 Å². The van der Waals surface area contributed by atoms with Crippen LogP contribution in [0.3, 0.4) is 0 Å². The van der Waals surface area contributed by atoms with Crippen molar-refractivity contribution in [3.8, 4) is 0 Å². The van der Waals surface area contributed by atoms with Gasteiger partial charge in [-0.25, -0.2) is 0 Å². The maximum atomic E-state index is 11.4. The molecule has 0 amide bonds. The summed E-state index contributed by atoms with van der Waals surface area (Å²) in [5.41, 5.74) is 0. The Morgan fingerprint density at radius 3 is 2.62 bits per heavy atom. The van der Waals surface area contributed by atoms with Gasteiger partial charge in [0.25, 0.3) is 0 Å². The van der Waals surface area contributed by atoms with Crippen LogP contribution < -0.4 is 5.32 Å². The van der Waals surface area contributed by atoms with E-state index in [0.717, 1.165) is 32.6 Å². The number of esters is 1. The van der Waals surface area contributed by atoms with Gasteiger partial charge in [0, 0.05) is 26.2 Å². The van der Waals surface area contributed by atoms with Gasteiger partial charge >= 0.3 is 5.97 Å². The molecule has 4 nitrogen and oxygen atoms in total. The standard InChI is InChI=1S/C9H18N2O2/c1-3-8(9(12)13-2)11-6-4-10-5-7-11/h8,10H,3-7H2,1-2H3. The predicted molar refractivity (Wildman–Crippen MR) is 50.5 cm³/mol. The summed E-state index contributed by atoms with van der Waals surface area (Å²) in [6.45, 7) is 5.83. The molecule has 1 heterocycles. The van der Waals surface area contributed by atoms with Crippen LogP contribution >= 0.6 is 0 Å². The van der Waals surface area contributed by atoms with Crippen LogP contribution in [0.15, 0.2) is 0 Å². The molecule has 4 heteroatoms. The molecule has 1 aliphatic heterocycles. The van der Waals surface area contributed by atoms with Crippen LogP contribution in [0.5, 0.6) is 0 Å². The Balaban J connectivity index is 2.48. The molecule has 1 aliphatic rings. The van der Waals surface area contributed by atoms with Crippen LogP contribution in [0.2, 0.25) is 0 Å². The lowest BCUT2D eigenvalue weighted by atomic mass is 10.1. The molecule has 0 spiro atoms. The molecule has 0 aromatic rings. The fourth-order valence-corrected chi connectivity index (χ4v) is 1.70. The molecule has 76 valence electrons. The molecule has 13 heavy (non-hydrogen) atoms. The number of carbonyl (C=O) groups excluding carboxylic acids is 1. The van der Waals surface area contributed by atoms with Crippen LogP contribution in [0, 0.1) is 0 Å². The first kappa shape index (κ1) is 10.5. The average molecular weight is 186 g/mol. The third-order valence-electron chi connectivity index (χ3n) is 2.45. The summed E-state index contributed by atoms with van der Waals surface area (Å²) in [5, 5.41) is 3.26. The van der Waals surface area contributed by atoms with Crippen LogP contribution in [0.4, 0.5) is 0 Å². The molecular weight excluding hydrogens is 168 g/mol. The van der Waals surface area contributed by atoms with E-state index in [-0.39, 0.29) is 12.0 Å². The minimum atomic E-state index is -0.107. The summed E-state index contributed by atoms with van der Waals surface area (Å²) in [6, 6.07) is -0.0490. The number of ether oxygens (including phenoxy) is 1. The molecule has 0 bridgehead atoms. The summed E-state index contributed by atoms with van der Waals surface area (Å²) in [7, 11) is 1.45. The van der Waals surface area contributed by atoms with Crippen molar-refractivity contribution in [2.24, 2.45) is 0 Å². The van der Waals surface area contributed by atoms with Crippen LogP contribution in [0.25, 0.3) is 0 Å². The highest BCUT2D eigenvalue weighted by Crippen LogP contribution is 2.06. The lowest BCUT2D eigenvalue weighted by Crippen LogP contribution is -2.51. The number of methoxy groups -OCH3 is 1. The number of piperazine rings is 1. The second-order valence-corrected chi connectivity index (χ2v) is 3.23. The lowest BCUT2D eigenvalue weighted by Gasteiger charge is -2.32. The number of carbonyl (C=O) groups is 1. The summed E-state index contributed by atoms with van der Waals surface area (Å²) < 4.78 is 4.76. The zero-order valence-corrected chi connectivity index (χ0v) is 8.38. The number of nitrogens with one attached hydrogen (secondary N) is 1. The number of hydrogen-bond donors (Lipinski definition) is 1. The highest BCUT2D eigenvalue weighted by Gasteiger charge is 2.25. The molecular formula is C9H18N2O2. The number of rotatable bonds is 3. The van der Waals surface area contributed by atoms with Gasteiger partial charge < -0.3 is 10.1 Å². The molecule has 0 aliphatic carbocycles. The Labute approximate surface area is 79.2 Å². The van der Waals surface area contributed by atoms with Crippen LogP contribution in [-0.4, -0.2) is 50.2 Å². The molecule has 0 saturated carbocycles. The SMILES string of the molecule is CCC(C(=O)OC)N1CCNCC1. The van der Waals surface area contributed by atoms with Crippen molar-refractivity contribution < 1.29 is 9.53 Å². The molecule has 0 aromatic heterocycles. The quantitative estimate of drug-likeness (QED) is 0.622. The van der Waals surface area contributed by atoms with Gasteiger partial charge in [0.05, 0.1) is 7.11 Å². The lowest BCUT2D eigenvalue weighted by molar-refractivity contribution is -0.147. The Bertz CT molecular complexity index is 167. The van der Waals surface area contributed by atoms with Gasteiger partial charge in [-0.1, -0.05) is 6.92 Å². The molecule has 1 saturated heterocycles. The highest BCUT2D eigenvalue weighted by molar-refractivity contribution is 5.75. The van der Waals surface area contributed by atoms with E-state index in [4.69, 9.17) is 4.74 Å². The third kappa shape index (κ3) is 2.67. The minimum Gasteiger partial charge on any atom is -0.468 e. The first-order valence-corrected chi connectivity index (χ1v) is 4.82.